The fourth-order valence-electron chi connectivity index (χ4n) is 2.01. The highest BCUT2D eigenvalue weighted by molar-refractivity contribution is 5.96. The molecule has 0 unspecified atom stereocenters. The number of anilines is 2. The number of benzene rings is 1. The molecule has 142 valence electrons. The summed E-state index contributed by atoms with van der Waals surface area (Å²) in [4.78, 5) is 34.8. The van der Waals surface area contributed by atoms with Gasteiger partial charge in [0.2, 0.25) is 11.8 Å². The second kappa shape index (κ2) is 8.07. The Hall–Kier alpha value is -2.78. The van der Waals surface area contributed by atoms with E-state index in [1.807, 2.05) is 0 Å². The summed E-state index contributed by atoms with van der Waals surface area (Å²) in [7, 11) is 0. The monoisotopic (exact) mass is 372 g/mol. The Morgan fingerprint density at radius 2 is 1.81 bits per heavy atom. The van der Waals surface area contributed by atoms with E-state index in [0.29, 0.717) is 16.9 Å². The molecule has 0 atom stereocenters. The molecule has 4 N–H and O–H groups in total. The lowest BCUT2D eigenvalue weighted by molar-refractivity contribution is -0.137. The van der Waals surface area contributed by atoms with Gasteiger partial charge in [-0.1, -0.05) is 6.07 Å². The summed E-state index contributed by atoms with van der Waals surface area (Å²) in [6, 6.07) is 4.22. The SMILES string of the molecule is Cc1ccc(NC(=O)C2CC2)cc1NC(=O)NCC(=O)NCC(F)(F)F. The van der Waals surface area contributed by atoms with Crippen molar-refractivity contribution >= 4 is 29.2 Å². The van der Waals surface area contributed by atoms with Crippen molar-refractivity contribution in [1.29, 1.82) is 0 Å². The number of alkyl halides is 3. The van der Waals surface area contributed by atoms with Crippen molar-refractivity contribution in [3.05, 3.63) is 23.8 Å². The topological polar surface area (TPSA) is 99.3 Å². The molecule has 26 heavy (non-hydrogen) atoms. The molecule has 1 aliphatic carbocycles. The minimum Gasteiger partial charge on any atom is -0.345 e. The van der Waals surface area contributed by atoms with E-state index in [4.69, 9.17) is 0 Å². The van der Waals surface area contributed by atoms with Crippen LogP contribution in [0.4, 0.5) is 29.3 Å². The number of amides is 4. The van der Waals surface area contributed by atoms with Crippen LogP contribution in [0, 0.1) is 12.8 Å². The van der Waals surface area contributed by atoms with Crippen LogP contribution in [0.5, 0.6) is 0 Å². The number of urea groups is 1. The molecule has 1 aromatic carbocycles. The molecule has 0 spiro atoms. The standard InChI is InChI=1S/C16H19F3N4O3/c1-9-2-5-11(22-14(25)10-3-4-10)6-12(9)23-15(26)20-7-13(24)21-8-16(17,18)19/h2,5-6,10H,3-4,7-8H2,1H3,(H,21,24)(H,22,25)(H2,20,23,26). The number of hydrogen-bond donors (Lipinski definition) is 4. The van der Waals surface area contributed by atoms with E-state index in [1.165, 1.54) is 0 Å². The number of aryl methyl sites for hydroxylation is 1. The first kappa shape index (κ1) is 19.5. The van der Waals surface area contributed by atoms with Gasteiger partial charge in [-0.25, -0.2) is 4.79 Å². The van der Waals surface area contributed by atoms with E-state index < -0.39 is 31.2 Å². The van der Waals surface area contributed by atoms with Gasteiger partial charge in [0.1, 0.15) is 6.54 Å². The van der Waals surface area contributed by atoms with E-state index in [0.717, 1.165) is 12.8 Å². The predicted molar refractivity (Wildman–Crippen MR) is 88.6 cm³/mol. The third kappa shape index (κ3) is 6.61. The van der Waals surface area contributed by atoms with Crippen molar-refractivity contribution in [3.63, 3.8) is 0 Å². The fraction of sp³-hybridized carbons (Fsp3) is 0.438. The van der Waals surface area contributed by atoms with E-state index >= 15 is 0 Å². The molecule has 0 radical (unpaired) electrons. The van der Waals surface area contributed by atoms with Gasteiger partial charge in [0.15, 0.2) is 0 Å². The van der Waals surface area contributed by atoms with Crippen LogP contribution in [0.25, 0.3) is 0 Å². The van der Waals surface area contributed by atoms with Crippen molar-refractivity contribution in [3.8, 4) is 0 Å². The van der Waals surface area contributed by atoms with Crippen LogP contribution in [0.3, 0.4) is 0 Å². The third-order valence-electron chi connectivity index (χ3n) is 3.60. The maximum Gasteiger partial charge on any atom is 0.405 e. The molecule has 1 saturated carbocycles. The number of nitrogens with one attached hydrogen (secondary N) is 4. The summed E-state index contributed by atoms with van der Waals surface area (Å²) >= 11 is 0. The number of halogens is 3. The Morgan fingerprint density at radius 1 is 1.12 bits per heavy atom. The first-order valence-electron chi connectivity index (χ1n) is 7.94. The lowest BCUT2D eigenvalue weighted by Gasteiger charge is -2.13. The van der Waals surface area contributed by atoms with Crippen LogP contribution < -0.4 is 21.3 Å². The molecule has 1 fully saturated rings. The van der Waals surface area contributed by atoms with Gasteiger partial charge in [0.25, 0.3) is 0 Å². The van der Waals surface area contributed by atoms with Crippen molar-refractivity contribution in [2.45, 2.75) is 25.9 Å². The number of rotatable bonds is 6. The van der Waals surface area contributed by atoms with E-state index in [1.54, 1.807) is 30.4 Å². The molecule has 4 amide bonds. The van der Waals surface area contributed by atoms with Gasteiger partial charge in [-0.15, -0.1) is 0 Å². The minimum atomic E-state index is -4.51. The third-order valence-corrected chi connectivity index (χ3v) is 3.60. The Kier molecular flexibility index (Phi) is 6.06. The second-order valence-corrected chi connectivity index (χ2v) is 5.99. The average molecular weight is 372 g/mol. The highest BCUT2D eigenvalue weighted by atomic mass is 19.4. The predicted octanol–water partition coefficient (Wildman–Crippen LogP) is 2.14. The molecule has 1 aliphatic rings. The van der Waals surface area contributed by atoms with Crippen molar-refractivity contribution in [1.82, 2.24) is 10.6 Å². The van der Waals surface area contributed by atoms with Crippen molar-refractivity contribution < 1.29 is 27.6 Å². The number of hydrogen-bond acceptors (Lipinski definition) is 3. The van der Waals surface area contributed by atoms with Crippen molar-refractivity contribution in [2.24, 2.45) is 5.92 Å². The lowest BCUT2D eigenvalue weighted by atomic mass is 10.1. The second-order valence-electron chi connectivity index (χ2n) is 5.99. The normalized spacial score (nSPS) is 13.7. The van der Waals surface area contributed by atoms with E-state index in [2.05, 4.69) is 16.0 Å². The van der Waals surface area contributed by atoms with Crippen LogP contribution in [0.15, 0.2) is 18.2 Å². The maximum atomic E-state index is 12.0. The lowest BCUT2D eigenvalue weighted by Crippen LogP contribution is -2.42. The fourth-order valence-corrected chi connectivity index (χ4v) is 2.01. The molecule has 0 heterocycles. The van der Waals surface area contributed by atoms with Gasteiger partial charge in [-0.05, 0) is 37.5 Å². The molecule has 0 aliphatic heterocycles. The molecular weight excluding hydrogens is 353 g/mol. The van der Waals surface area contributed by atoms with Gasteiger partial charge in [0.05, 0.1) is 6.54 Å². The van der Waals surface area contributed by atoms with Crippen LogP contribution >= 0.6 is 0 Å². The zero-order valence-electron chi connectivity index (χ0n) is 14.0. The summed E-state index contributed by atoms with van der Waals surface area (Å²) in [5.74, 6) is -1.00. The molecule has 1 aromatic rings. The summed E-state index contributed by atoms with van der Waals surface area (Å²) in [5, 5.41) is 9.05. The highest BCUT2D eigenvalue weighted by Gasteiger charge is 2.29. The number of carbonyl (C=O) groups excluding carboxylic acids is 3. The largest absolute Gasteiger partial charge is 0.405 e. The van der Waals surface area contributed by atoms with Crippen LogP contribution in [0.2, 0.25) is 0 Å². The Balaban J connectivity index is 1.83. The molecule has 2 rings (SSSR count). The zero-order valence-corrected chi connectivity index (χ0v) is 14.0. The zero-order chi connectivity index (χ0) is 19.3. The highest BCUT2D eigenvalue weighted by Crippen LogP contribution is 2.30. The summed E-state index contributed by atoms with van der Waals surface area (Å²) in [5.41, 5.74) is 1.64. The summed E-state index contributed by atoms with van der Waals surface area (Å²) in [6.07, 6.45) is -2.79. The van der Waals surface area contributed by atoms with E-state index in [-0.39, 0.29) is 11.8 Å². The van der Waals surface area contributed by atoms with Gasteiger partial charge >= 0.3 is 12.2 Å². The maximum absolute atomic E-state index is 12.0. The summed E-state index contributed by atoms with van der Waals surface area (Å²) in [6.45, 7) is -0.325. The van der Waals surface area contributed by atoms with Gasteiger partial charge in [-0.2, -0.15) is 13.2 Å². The quantitative estimate of drug-likeness (QED) is 0.616. The Bertz CT molecular complexity index is 702. The smallest absolute Gasteiger partial charge is 0.345 e. The van der Waals surface area contributed by atoms with Gasteiger partial charge in [0, 0.05) is 17.3 Å². The molecule has 7 nitrogen and oxygen atoms in total. The van der Waals surface area contributed by atoms with Gasteiger partial charge < -0.3 is 21.3 Å². The first-order valence-corrected chi connectivity index (χ1v) is 7.94. The van der Waals surface area contributed by atoms with Crippen LogP contribution in [0.1, 0.15) is 18.4 Å². The van der Waals surface area contributed by atoms with Crippen LogP contribution in [-0.4, -0.2) is 37.1 Å². The molecule has 0 aromatic heterocycles. The van der Waals surface area contributed by atoms with E-state index in [9.17, 15) is 27.6 Å². The van der Waals surface area contributed by atoms with Gasteiger partial charge in [-0.3, -0.25) is 9.59 Å². The molecule has 10 heteroatoms. The Morgan fingerprint density at radius 3 is 2.42 bits per heavy atom. The average Bonchev–Trinajstić information content (AvgIpc) is 3.38. The Labute approximate surface area is 147 Å². The summed E-state index contributed by atoms with van der Waals surface area (Å²) < 4.78 is 36.0. The molecular formula is C16H19F3N4O3. The van der Waals surface area contributed by atoms with Crippen LogP contribution in [-0.2, 0) is 9.59 Å². The molecule has 0 saturated heterocycles. The van der Waals surface area contributed by atoms with Crippen molar-refractivity contribution in [2.75, 3.05) is 23.7 Å². The first-order chi connectivity index (χ1) is 12.1. The minimum absolute atomic E-state index is 0.0335. The number of carbonyl (C=O) groups is 3. The molecule has 0 bridgehead atoms.